The van der Waals surface area contributed by atoms with Gasteiger partial charge in [0.25, 0.3) is 0 Å². The first-order valence-electron chi connectivity index (χ1n) is 11.0. The van der Waals surface area contributed by atoms with Crippen molar-refractivity contribution in [3.63, 3.8) is 0 Å². The SMILES string of the molecule is COc1cccc([C@@H]2c3cccn3CCN2C(=O)CN(C(=O)CC(C)(C)C)C(C)C)c1. The average molecular weight is 426 g/mol. The number of methoxy groups -OCH3 is 1. The minimum atomic E-state index is -0.210. The molecule has 0 aliphatic carbocycles. The molecule has 2 amide bonds. The van der Waals surface area contributed by atoms with Gasteiger partial charge in [-0.25, -0.2) is 0 Å². The van der Waals surface area contributed by atoms with Crippen LogP contribution in [0.2, 0.25) is 0 Å². The van der Waals surface area contributed by atoms with Crippen molar-refractivity contribution in [2.75, 3.05) is 20.2 Å². The summed E-state index contributed by atoms with van der Waals surface area (Å²) >= 11 is 0. The zero-order valence-electron chi connectivity index (χ0n) is 19.6. The lowest BCUT2D eigenvalue weighted by molar-refractivity contribution is -0.144. The second-order valence-electron chi connectivity index (χ2n) is 9.75. The number of carbonyl (C=O) groups excluding carboxylic acids is 2. The van der Waals surface area contributed by atoms with Crippen LogP contribution >= 0.6 is 0 Å². The maximum absolute atomic E-state index is 13.5. The van der Waals surface area contributed by atoms with E-state index in [4.69, 9.17) is 4.74 Å². The second kappa shape index (κ2) is 9.16. The summed E-state index contributed by atoms with van der Waals surface area (Å²) in [6, 6.07) is 11.7. The highest BCUT2D eigenvalue weighted by atomic mass is 16.5. The number of fused-ring (bicyclic) bond motifs is 1. The Kier molecular flexibility index (Phi) is 6.77. The number of ether oxygens (including phenoxy) is 1. The third-order valence-electron chi connectivity index (χ3n) is 5.70. The highest BCUT2D eigenvalue weighted by Gasteiger charge is 2.34. The normalized spacial score (nSPS) is 16.2. The van der Waals surface area contributed by atoms with Crippen LogP contribution in [0.1, 0.15) is 58.3 Å². The van der Waals surface area contributed by atoms with Gasteiger partial charge in [0.1, 0.15) is 12.3 Å². The fourth-order valence-corrected chi connectivity index (χ4v) is 4.16. The predicted molar refractivity (Wildman–Crippen MR) is 122 cm³/mol. The molecule has 0 unspecified atom stereocenters. The molecule has 2 aromatic rings. The fraction of sp³-hybridized carbons (Fsp3) is 0.520. The van der Waals surface area contributed by atoms with Crippen LogP contribution in [-0.2, 0) is 16.1 Å². The van der Waals surface area contributed by atoms with Crippen molar-refractivity contribution in [3.05, 3.63) is 53.9 Å². The van der Waals surface area contributed by atoms with Crippen molar-refractivity contribution in [1.82, 2.24) is 14.4 Å². The van der Waals surface area contributed by atoms with E-state index in [-0.39, 0.29) is 35.9 Å². The van der Waals surface area contributed by atoms with E-state index < -0.39 is 0 Å². The lowest BCUT2D eigenvalue weighted by Gasteiger charge is -2.39. The standard InChI is InChI=1S/C25H35N3O3/c1-18(2)28(22(29)16-25(3,4)5)17-23(30)27-14-13-26-12-8-11-21(26)24(27)19-9-7-10-20(15-19)31-6/h7-12,15,18,24H,13-14,16-17H2,1-6H3/t24-/m1/s1. The van der Waals surface area contributed by atoms with Crippen LogP contribution in [0.4, 0.5) is 0 Å². The number of carbonyl (C=O) groups is 2. The molecule has 31 heavy (non-hydrogen) atoms. The molecule has 6 nitrogen and oxygen atoms in total. The smallest absolute Gasteiger partial charge is 0.243 e. The zero-order chi connectivity index (χ0) is 22.8. The van der Waals surface area contributed by atoms with Crippen molar-refractivity contribution < 1.29 is 14.3 Å². The molecule has 1 aliphatic rings. The molecular weight excluding hydrogens is 390 g/mol. The third-order valence-corrected chi connectivity index (χ3v) is 5.70. The molecule has 0 fully saturated rings. The van der Waals surface area contributed by atoms with E-state index in [9.17, 15) is 9.59 Å². The Labute approximate surface area is 185 Å². The Morgan fingerprint density at radius 1 is 1.16 bits per heavy atom. The van der Waals surface area contributed by atoms with Gasteiger partial charge in [-0.3, -0.25) is 9.59 Å². The van der Waals surface area contributed by atoms with Gasteiger partial charge in [0, 0.05) is 37.4 Å². The largest absolute Gasteiger partial charge is 0.497 e. The first kappa shape index (κ1) is 22.9. The van der Waals surface area contributed by atoms with E-state index in [0.717, 1.165) is 23.6 Å². The lowest BCUT2D eigenvalue weighted by atomic mass is 9.91. The molecule has 0 saturated heterocycles. The highest BCUT2D eigenvalue weighted by molar-refractivity contribution is 5.86. The van der Waals surface area contributed by atoms with E-state index in [2.05, 4.69) is 16.8 Å². The summed E-state index contributed by atoms with van der Waals surface area (Å²) in [5, 5.41) is 0. The maximum Gasteiger partial charge on any atom is 0.243 e. The zero-order valence-corrected chi connectivity index (χ0v) is 19.6. The maximum atomic E-state index is 13.5. The number of hydrogen-bond acceptors (Lipinski definition) is 3. The van der Waals surface area contributed by atoms with Gasteiger partial charge in [-0.15, -0.1) is 0 Å². The van der Waals surface area contributed by atoms with Crippen molar-refractivity contribution in [2.45, 2.75) is 59.7 Å². The minimum absolute atomic E-state index is 0.0224. The van der Waals surface area contributed by atoms with Crippen LogP contribution in [0.5, 0.6) is 5.75 Å². The minimum Gasteiger partial charge on any atom is -0.497 e. The van der Waals surface area contributed by atoms with Gasteiger partial charge in [-0.2, -0.15) is 0 Å². The van der Waals surface area contributed by atoms with Gasteiger partial charge in [0.15, 0.2) is 0 Å². The molecule has 6 heteroatoms. The molecule has 3 rings (SSSR count). The number of aromatic nitrogens is 1. The van der Waals surface area contributed by atoms with E-state index in [1.165, 1.54) is 0 Å². The number of hydrogen-bond donors (Lipinski definition) is 0. The fourth-order valence-electron chi connectivity index (χ4n) is 4.16. The van der Waals surface area contributed by atoms with Crippen LogP contribution in [-0.4, -0.2) is 52.4 Å². The summed E-state index contributed by atoms with van der Waals surface area (Å²) in [4.78, 5) is 30.1. The summed E-state index contributed by atoms with van der Waals surface area (Å²) < 4.78 is 7.61. The Morgan fingerprint density at radius 3 is 2.55 bits per heavy atom. The first-order valence-corrected chi connectivity index (χ1v) is 11.0. The van der Waals surface area contributed by atoms with Crippen molar-refractivity contribution in [2.24, 2.45) is 5.41 Å². The molecule has 168 valence electrons. The van der Waals surface area contributed by atoms with Crippen LogP contribution in [0, 0.1) is 5.41 Å². The number of amides is 2. The molecule has 0 N–H and O–H groups in total. The van der Waals surface area contributed by atoms with E-state index in [0.29, 0.717) is 13.0 Å². The van der Waals surface area contributed by atoms with Gasteiger partial charge in [0.05, 0.1) is 13.2 Å². The molecule has 0 bridgehead atoms. The molecule has 0 spiro atoms. The third kappa shape index (κ3) is 5.30. The quantitative estimate of drug-likeness (QED) is 0.700. The van der Waals surface area contributed by atoms with Crippen LogP contribution in [0.15, 0.2) is 42.6 Å². The Morgan fingerprint density at radius 2 is 1.90 bits per heavy atom. The Balaban J connectivity index is 1.90. The van der Waals surface area contributed by atoms with Crippen LogP contribution < -0.4 is 4.74 Å². The highest BCUT2D eigenvalue weighted by Crippen LogP contribution is 2.34. The molecule has 2 heterocycles. The van der Waals surface area contributed by atoms with Gasteiger partial charge in [-0.05, 0) is 49.1 Å². The summed E-state index contributed by atoms with van der Waals surface area (Å²) in [5.41, 5.74) is 1.96. The summed E-state index contributed by atoms with van der Waals surface area (Å²) in [5.74, 6) is 0.753. The molecule has 1 aromatic heterocycles. The Hall–Kier alpha value is -2.76. The predicted octanol–water partition coefficient (Wildman–Crippen LogP) is 4.10. The van der Waals surface area contributed by atoms with E-state index in [1.807, 2.05) is 69.9 Å². The number of nitrogens with zero attached hydrogens (tertiary/aromatic N) is 3. The summed E-state index contributed by atoms with van der Waals surface area (Å²) in [6.07, 6.45) is 2.47. The second-order valence-corrected chi connectivity index (χ2v) is 9.75. The molecule has 0 saturated carbocycles. The van der Waals surface area contributed by atoms with Crippen molar-refractivity contribution in [1.29, 1.82) is 0 Å². The molecule has 1 atom stereocenters. The van der Waals surface area contributed by atoms with Crippen molar-refractivity contribution >= 4 is 11.8 Å². The summed E-state index contributed by atoms with van der Waals surface area (Å²) in [7, 11) is 1.65. The van der Waals surface area contributed by atoms with E-state index in [1.54, 1.807) is 12.0 Å². The van der Waals surface area contributed by atoms with Gasteiger partial charge < -0.3 is 19.1 Å². The summed E-state index contributed by atoms with van der Waals surface area (Å²) in [6.45, 7) is 11.5. The average Bonchev–Trinajstić information content (AvgIpc) is 3.18. The van der Waals surface area contributed by atoms with Crippen LogP contribution in [0.25, 0.3) is 0 Å². The topological polar surface area (TPSA) is 54.8 Å². The molecular formula is C25H35N3O3. The van der Waals surface area contributed by atoms with Gasteiger partial charge >= 0.3 is 0 Å². The Bertz CT molecular complexity index is 926. The van der Waals surface area contributed by atoms with Gasteiger partial charge in [0.2, 0.25) is 11.8 Å². The number of benzene rings is 1. The monoisotopic (exact) mass is 425 g/mol. The van der Waals surface area contributed by atoms with E-state index >= 15 is 0 Å². The molecule has 0 radical (unpaired) electrons. The molecule has 1 aliphatic heterocycles. The first-order chi connectivity index (χ1) is 14.6. The number of rotatable bonds is 6. The lowest BCUT2D eigenvalue weighted by Crippen LogP contribution is -2.50. The van der Waals surface area contributed by atoms with Gasteiger partial charge in [-0.1, -0.05) is 32.9 Å². The van der Waals surface area contributed by atoms with Crippen molar-refractivity contribution in [3.8, 4) is 5.75 Å². The molecule has 1 aromatic carbocycles. The van der Waals surface area contributed by atoms with Crippen LogP contribution in [0.3, 0.4) is 0 Å².